The van der Waals surface area contributed by atoms with Crippen LogP contribution in [0.15, 0.2) is 40.9 Å². The van der Waals surface area contributed by atoms with Crippen molar-refractivity contribution in [2.45, 2.75) is 13.0 Å². The summed E-state index contributed by atoms with van der Waals surface area (Å²) in [5, 5.41) is 20.7. The van der Waals surface area contributed by atoms with E-state index < -0.39 is 11.0 Å². The number of aliphatic hydroxyl groups is 1. The number of nitrogens with zero attached hydrogens (tertiary/aromatic N) is 1. The minimum atomic E-state index is -0.620. The van der Waals surface area contributed by atoms with Crippen molar-refractivity contribution in [3.05, 3.63) is 61.6 Å². The molecule has 0 radical (unpaired) electrons. The monoisotopic (exact) mass is 371 g/mol. The van der Waals surface area contributed by atoms with Gasteiger partial charge in [-0.05, 0) is 46.6 Å². The van der Waals surface area contributed by atoms with Crippen LogP contribution in [-0.2, 0) is 0 Å². The van der Waals surface area contributed by atoms with Gasteiger partial charge in [-0.25, -0.2) is 0 Å². The number of aliphatic hydroxyl groups excluding tert-OH is 1. The van der Waals surface area contributed by atoms with Crippen LogP contribution in [0.4, 0.5) is 5.69 Å². The predicted molar refractivity (Wildman–Crippen MR) is 83.0 cm³/mol. The van der Waals surface area contributed by atoms with Gasteiger partial charge in [-0.1, -0.05) is 23.7 Å². The van der Waals surface area contributed by atoms with Gasteiger partial charge in [0.1, 0.15) is 5.75 Å². The van der Waals surface area contributed by atoms with Crippen LogP contribution in [0.2, 0.25) is 5.02 Å². The van der Waals surface area contributed by atoms with E-state index in [4.69, 9.17) is 16.3 Å². The Morgan fingerprint density at radius 3 is 2.67 bits per heavy atom. The topological polar surface area (TPSA) is 72.6 Å². The van der Waals surface area contributed by atoms with Crippen molar-refractivity contribution in [3.8, 4) is 11.5 Å². The molecular weight excluding hydrogens is 362 g/mol. The summed E-state index contributed by atoms with van der Waals surface area (Å²) in [6.07, 6.45) is -0.620. The lowest BCUT2D eigenvalue weighted by molar-refractivity contribution is -0.385. The number of nitro groups is 1. The summed E-state index contributed by atoms with van der Waals surface area (Å²) in [5.74, 6) is 0.352. The standard InChI is InChI=1S/C14H11BrClNO4/c1-8(18)9-5-6-13(10(15)7-9)21-14-11(16)3-2-4-12(14)17(19)20/h2-8,18H,1H3/t8-/m0/s1. The van der Waals surface area contributed by atoms with Crippen molar-refractivity contribution >= 4 is 33.2 Å². The summed E-state index contributed by atoms with van der Waals surface area (Å²) in [6, 6.07) is 9.29. The maximum absolute atomic E-state index is 11.0. The lowest BCUT2D eigenvalue weighted by atomic mass is 10.1. The van der Waals surface area contributed by atoms with Crippen LogP contribution in [0.5, 0.6) is 11.5 Å². The number of hydrogen-bond donors (Lipinski definition) is 1. The maximum atomic E-state index is 11.0. The first-order valence-electron chi connectivity index (χ1n) is 5.98. The smallest absolute Gasteiger partial charge is 0.313 e. The van der Waals surface area contributed by atoms with Crippen LogP contribution in [0.3, 0.4) is 0 Å². The summed E-state index contributed by atoms with van der Waals surface area (Å²) in [5.41, 5.74) is 0.483. The molecule has 0 saturated heterocycles. The third-order valence-electron chi connectivity index (χ3n) is 2.79. The average Bonchev–Trinajstić information content (AvgIpc) is 2.42. The SMILES string of the molecule is C[C@H](O)c1ccc(Oc2c(Cl)cccc2[N+](=O)[O-])c(Br)c1. The molecule has 0 bridgehead atoms. The number of para-hydroxylation sites is 1. The van der Waals surface area contributed by atoms with Gasteiger partial charge in [0.2, 0.25) is 5.75 Å². The molecule has 21 heavy (non-hydrogen) atoms. The number of hydrogen-bond acceptors (Lipinski definition) is 4. The molecule has 1 atom stereocenters. The molecule has 0 unspecified atom stereocenters. The first kappa shape index (κ1) is 15.8. The van der Waals surface area contributed by atoms with Crippen LogP contribution >= 0.6 is 27.5 Å². The van der Waals surface area contributed by atoms with E-state index in [0.29, 0.717) is 15.8 Å². The molecule has 0 fully saturated rings. The fourth-order valence-corrected chi connectivity index (χ4v) is 2.40. The second-order valence-corrected chi connectivity index (χ2v) is 5.57. The number of nitro benzene ring substituents is 1. The Morgan fingerprint density at radius 1 is 1.38 bits per heavy atom. The quantitative estimate of drug-likeness (QED) is 0.614. The van der Waals surface area contributed by atoms with Crippen LogP contribution in [0, 0.1) is 10.1 Å². The highest BCUT2D eigenvalue weighted by Crippen LogP contribution is 2.40. The van der Waals surface area contributed by atoms with E-state index in [1.54, 1.807) is 25.1 Å². The van der Waals surface area contributed by atoms with Gasteiger partial charge in [-0.3, -0.25) is 10.1 Å². The van der Waals surface area contributed by atoms with Gasteiger partial charge in [0.25, 0.3) is 0 Å². The molecule has 2 aromatic carbocycles. The first-order valence-corrected chi connectivity index (χ1v) is 7.15. The molecule has 0 spiro atoms. The van der Waals surface area contributed by atoms with Crippen molar-refractivity contribution in [1.29, 1.82) is 0 Å². The summed E-state index contributed by atoms with van der Waals surface area (Å²) in [7, 11) is 0. The molecule has 110 valence electrons. The number of rotatable bonds is 4. The zero-order chi connectivity index (χ0) is 15.6. The Hall–Kier alpha value is -1.63. The van der Waals surface area contributed by atoms with E-state index in [0.717, 1.165) is 0 Å². The molecule has 0 amide bonds. The molecule has 7 heteroatoms. The average molecular weight is 373 g/mol. The van der Waals surface area contributed by atoms with Gasteiger partial charge >= 0.3 is 5.69 Å². The van der Waals surface area contributed by atoms with Crippen molar-refractivity contribution in [2.75, 3.05) is 0 Å². The Morgan fingerprint density at radius 2 is 2.10 bits per heavy atom. The van der Waals surface area contributed by atoms with Crippen LogP contribution in [-0.4, -0.2) is 10.0 Å². The molecule has 0 heterocycles. The largest absolute Gasteiger partial charge is 0.447 e. The van der Waals surface area contributed by atoms with E-state index in [-0.39, 0.29) is 16.5 Å². The van der Waals surface area contributed by atoms with Gasteiger partial charge in [0, 0.05) is 6.07 Å². The number of benzene rings is 2. The Bertz CT molecular complexity index is 691. The normalized spacial score (nSPS) is 12.0. The van der Waals surface area contributed by atoms with E-state index in [9.17, 15) is 15.2 Å². The van der Waals surface area contributed by atoms with Gasteiger partial charge in [0.05, 0.1) is 20.5 Å². The zero-order valence-electron chi connectivity index (χ0n) is 10.9. The highest BCUT2D eigenvalue weighted by Gasteiger charge is 2.20. The van der Waals surface area contributed by atoms with Crippen LogP contribution in [0.25, 0.3) is 0 Å². The first-order chi connectivity index (χ1) is 9.90. The molecule has 0 aliphatic rings. The number of ether oxygens (including phenoxy) is 1. The van der Waals surface area contributed by atoms with E-state index >= 15 is 0 Å². The van der Waals surface area contributed by atoms with Crippen molar-refractivity contribution in [1.82, 2.24) is 0 Å². The Kier molecular flexibility index (Phi) is 4.82. The third kappa shape index (κ3) is 3.53. The van der Waals surface area contributed by atoms with Gasteiger partial charge < -0.3 is 9.84 Å². The molecule has 2 rings (SSSR count). The lowest BCUT2D eigenvalue weighted by Crippen LogP contribution is -1.96. The molecule has 2 aromatic rings. The predicted octanol–water partition coefficient (Wildman–Crippen LogP) is 4.86. The summed E-state index contributed by atoms with van der Waals surface area (Å²) in [6.45, 7) is 1.64. The third-order valence-corrected chi connectivity index (χ3v) is 3.71. The Balaban J connectivity index is 2.41. The highest BCUT2D eigenvalue weighted by molar-refractivity contribution is 9.10. The maximum Gasteiger partial charge on any atom is 0.313 e. The summed E-state index contributed by atoms with van der Waals surface area (Å²) >= 11 is 9.28. The van der Waals surface area contributed by atoms with Crippen LogP contribution < -0.4 is 4.74 Å². The van der Waals surface area contributed by atoms with E-state index in [1.165, 1.54) is 18.2 Å². The lowest BCUT2D eigenvalue weighted by Gasteiger charge is -2.11. The molecule has 0 saturated carbocycles. The van der Waals surface area contributed by atoms with Gasteiger partial charge in [-0.2, -0.15) is 0 Å². The number of halogens is 2. The minimum absolute atomic E-state index is 0.0188. The summed E-state index contributed by atoms with van der Waals surface area (Å²) < 4.78 is 6.13. The van der Waals surface area contributed by atoms with Gasteiger partial charge in [0.15, 0.2) is 0 Å². The second kappa shape index (κ2) is 6.43. The van der Waals surface area contributed by atoms with Crippen molar-refractivity contribution in [2.24, 2.45) is 0 Å². The fraction of sp³-hybridized carbons (Fsp3) is 0.143. The van der Waals surface area contributed by atoms with Crippen molar-refractivity contribution in [3.63, 3.8) is 0 Å². The van der Waals surface area contributed by atoms with Crippen molar-refractivity contribution < 1.29 is 14.8 Å². The second-order valence-electron chi connectivity index (χ2n) is 4.31. The zero-order valence-corrected chi connectivity index (χ0v) is 13.3. The molecule has 5 nitrogen and oxygen atoms in total. The molecule has 0 aromatic heterocycles. The molecule has 0 aliphatic carbocycles. The molecule has 1 N–H and O–H groups in total. The molecular formula is C14H11BrClNO4. The molecule has 0 aliphatic heterocycles. The van der Waals surface area contributed by atoms with Crippen LogP contribution in [0.1, 0.15) is 18.6 Å². The minimum Gasteiger partial charge on any atom is -0.447 e. The Labute approximate surface area is 134 Å². The fourth-order valence-electron chi connectivity index (χ4n) is 1.71. The van der Waals surface area contributed by atoms with Gasteiger partial charge in [-0.15, -0.1) is 0 Å². The van der Waals surface area contributed by atoms with E-state index in [2.05, 4.69) is 15.9 Å². The van der Waals surface area contributed by atoms with E-state index in [1.807, 2.05) is 0 Å². The highest BCUT2D eigenvalue weighted by atomic mass is 79.9. The summed E-state index contributed by atoms with van der Waals surface area (Å²) in [4.78, 5) is 10.5.